The molecule has 1 aliphatic rings. The molecular weight excluding hydrogens is 212 g/mol. The van der Waals surface area contributed by atoms with Gasteiger partial charge < -0.3 is 10.3 Å². The van der Waals surface area contributed by atoms with E-state index in [1.165, 1.54) is 6.42 Å². The van der Waals surface area contributed by atoms with Gasteiger partial charge in [-0.05, 0) is 36.9 Å². The summed E-state index contributed by atoms with van der Waals surface area (Å²) in [6.45, 7) is 2.06. The van der Waals surface area contributed by atoms with Crippen LogP contribution in [0.1, 0.15) is 24.5 Å². The third kappa shape index (κ3) is 1.98. The van der Waals surface area contributed by atoms with Gasteiger partial charge in [-0.3, -0.25) is 4.79 Å². The van der Waals surface area contributed by atoms with Gasteiger partial charge in [0.05, 0.1) is 0 Å². The van der Waals surface area contributed by atoms with Gasteiger partial charge in [0.2, 0.25) is 0 Å². The lowest BCUT2D eigenvalue weighted by atomic mass is 9.94. The second kappa shape index (κ2) is 4.34. The predicted octanol–water partition coefficient (Wildman–Crippen LogP) is 2.00. The van der Waals surface area contributed by atoms with Crippen LogP contribution in [-0.2, 0) is 0 Å². The first-order valence-corrected chi connectivity index (χ1v) is 6.17. The zero-order valence-corrected chi connectivity index (χ0v) is 9.70. The third-order valence-electron chi connectivity index (χ3n) is 3.51. The van der Waals surface area contributed by atoms with Gasteiger partial charge in [0.25, 0.3) is 5.56 Å². The van der Waals surface area contributed by atoms with E-state index in [0.717, 1.165) is 36.0 Å². The maximum Gasteiger partial charge on any atom is 0.256 e. The highest BCUT2D eigenvalue weighted by molar-refractivity contribution is 5.81. The first kappa shape index (κ1) is 10.5. The molecule has 88 valence electrons. The molecule has 0 amide bonds. The normalized spacial score (nSPS) is 20.6. The van der Waals surface area contributed by atoms with E-state index in [0.29, 0.717) is 5.92 Å². The Morgan fingerprint density at radius 1 is 1.24 bits per heavy atom. The van der Waals surface area contributed by atoms with Crippen LogP contribution in [0.2, 0.25) is 0 Å². The highest BCUT2D eigenvalue weighted by atomic mass is 16.1. The molecule has 3 heteroatoms. The summed E-state index contributed by atoms with van der Waals surface area (Å²) in [7, 11) is 0. The second-order valence-corrected chi connectivity index (χ2v) is 4.68. The number of aromatic nitrogens is 1. The van der Waals surface area contributed by atoms with E-state index >= 15 is 0 Å². The molecule has 1 fully saturated rings. The molecule has 1 saturated heterocycles. The van der Waals surface area contributed by atoms with E-state index in [1.807, 2.05) is 24.3 Å². The lowest BCUT2D eigenvalue weighted by Crippen LogP contribution is -2.29. The number of H-pyrrole nitrogens is 1. The Labute approximate surface area is 99.9 Å². The van der Waals surface area contributed by atoms with Gasteiger partial charge in [0.15, 0.2) is 0 Å². The Kier molecular flexibility index (Phi) is 2.69. The minimum absolute atomic E-state index is 0.0312. The third-order valence-corrected chi connectivity index (χ3v) is 3.51. The van der Waals surface area contributed by atoms with Crippen molar-refractivity contribution < 1.29 is 0 Å². The van der Waals surface area contributed by atoms with E-state index in [2.05, 4.69) is 16.4 Å². The Bertz CT molecular complexity index is 582. The summed E-state index contributed by atoms with van der Waals surface area (Å²) in [5, 5.41) is 5.20. The van der Waals surface area contributed by atoms with Crippen LogP contribution in [0.4, 0.5) is 0 Å². The number of rotatable bonds is 1. The smallest absolute Gasteiger partial charge is 0.256 e. The first-order valence-electron chi connectivity index (χ1n) is 6.17. The second-order valence-electron chi connectivity index (χ2n) is 4.68. The van der Waals surface area contributed by atoms with Crippen molar-refractivity contribution >= 4 is 10.8 Å². The fourth-order valence-corrected chi connectivity index (χ4v) is 2.57. The molecule has 0 radical (unpaired) electrons. The summed E-state index contributed by atoms with van der Waals surface area (Å²) in [5.41, 5.74) is 1.10. The van der Waals surface area contributed by atoms with Crippen molar-refractivity contribution in [2.45, 2.75) is 18.8 Å². The molecule has 1 aromatic heterocycles. The molecule has 2 heterocycles. The molecule has 3 rings (SSSR count). The molecule has 1 aliphatic heterocycles. The number of hydrogen-bond donors (Lipinski definition) is 2. The maximum absolute atomic E-state index is 12.0. The van der Waals surface area contributed by atoms with Gasteiger partial charge in [0, 0.05) is 23.5 Å². The monoisotopic (exact) mass is 228 g/mol. The molecule has 1 aromatic carbocycles. The Morgan fingerprint density at radius 2 is 2.12 bits per heavy atom. The zero-order valence-electron chi connectivity index (χ0n) is 9.70. The number of pyridine rings is 1. The molecule has 0 unspecified atom stereocenters. The van der Waals surface area contributed by atoms with Crippen LogP contribution in [0.5, 0.6) is 0 Å². The van der Waals surface area contributed by atoms with Crippen LogP contribution >= 0.6 is 0 Å². The van der Waals surface area contributed by atoms with Crippen molar-refractivity contribution in [2.24, 2.45) is 0 Å². The Hall–Kier alpha value is -1.61. The molecule has 1 atom stereocenters. The van der Waals surface area contributed by atoms with E-state index in [-0.39, 0.29) is 5.56 Å². The molecule has 2 N–H and O–H groups in total. The lowest BCUT2D eigenvalue weighted by molar-refractivity contribution is 0.454. The highest BCUT2D eigenvalue weighted by Gasteiger charge is 2.16. The number of piperidine rings is 1. The van der Waals surface area contributed by atoms with Gasteiger partial charge in [-0.25, -0.2) is 0 Å². The van der Waals surface area contributed by atoms with Crippen LogP contribution in [-0.4, -0.2) is 18.1 Å². The van der Waals surface area contributed by atoms with Gasteiger partial charge in [-0.15, -0.1) is 0 Å². The number of hydrogen-bond acceptors (Lipinski definition) is 2. The average Bonchev–Trinajstić information content (AvgIpc) is 2.40. The molecule has 0 spiro atoms. The number of nitrogens with one attached hydrogen (secondary N) is 2. The van der Waals surface area contributed by atoms with Crippen LogP contribution < -0.4 is 10.9 Å². The molecular formula is C14H16N2O. The van der Waals surface area contributed by atoms with E-state index in [9.17, 15) is 4.79 Å². The fraction of sp³-hybridized carbons (Fsp3) is 0.357. The fourth-order valence-electron chi connectivity index (χ4n) is 2.57. The van der Waals surface area contributed by atoms with Gasteiger partial charge >= 0.3 is 0 Å². The predicted molar refractivity (Wildman–Crippen MR) is 69.4 cm³/mol. The maximum atomic E-state index is 12.0. The van der Waals surface area contributed by atoms with Gasteiger partial charge in [-0.1, -0.05) is 18.2 Å². The minimum Gasteiger partial charge on any atom is -0.325 e. The van der Waals surface area contributed by atoms with Crippen LogP contribution in [0.25, 0.3) is 10.8 Å². The van der Waals surface area contributed by atoms with Crippen molar-refractivity contribution in [1.82, 2.24) is 10.3 Å². The summed E-state index contributed by atoms with van der Waals surface area (Å²) in [6, 6.07) is 9.87. The van der Waals surface area contributed by atoms with Crippen molar-refractivity contribution in [1.29, 1.82) is 0 Å². The van der Waals surface area contributed by atoms with Crippen LogP contribution in [0.15, 0.2) is 35.1 Å². The topological polar surface area (TPSA) is 44.9 Å². The van der Waals surface area contributed by atoms with Crippen molar-refractivity contribution in [3.63, 3.8) is 0 Å². The number of benzene rings is 1. The van der Waals surface area contributed by atoms with Gasteiger partial charge in [-0.2, -0.15) is 0 Å². The molecule has 0 bridgehead atoms. The average molecular weight is 228 g/mol. The quantitative estimate of drug-likeness (QED) is 0.784. The van der Waals surface area contributed by atoms with E-state index in [1.54, 1.807) is 0 Å². The van der Waals surface area contributed by atoms with E-state index in [4.69, 9.17) is 0 Å². The van der Waals surface area contributed by atoms with Crippen LogP contribution in [0.3, 0.4) is 0 Å². The standard InChI is InChI=1S/C14H16N2O/c17-14-12-6-2-1-4-10(12)8-13(16-14)11-5-3-7-15-9-11/h1-2,4,6,8,11,15H,3,5,7,9H2,(H,16,17)/t11-/m1/s1. The first-order chi connectivity index (χ1) is 8.34. The van der Waals surface area contributed by atoms with Crippen molar-refractivity contribution in [3.05, 3.63) is 46.4 Å². The highest BCUT2D eigenvalue weighted by Crippen LogP contribution is 2.22. The van der Waals surface area contributed by atoms with E-state index < -0.39 is 0 Å². The number of aromatic amines is 1. The summed E-state index contributed by atoms with van der Waals surface area (Å²) in [5.74, 6) is 0.445. The Morgan fingerprint density at radius 3 is 2.94 bits per heavy atom. The van der Waals surface area contributed by atoms with Crippen molar-refractivity contribution in [3.8, 4) is 0 Å². The molecule has 0 aliphatic carbocycles. The lowest BCUT2D eigenvalue weighted by Gasteiger charge is -2.22. The largest absolute Gasteiger partial charge is 0.325 e. The van der Waals surface area contributed by atoms with Crippen molar-refractivity contribution in [2.75, 3.05) is 13.1 Å². The molecule has 0 saturated carbocycles. The number of fused-ring (bicyclic) bond motifs is 1. The summed E-state index contributed by atoms with van der Waals surface area (Å²) >= 11 is 0. The summed E-state index contributed by atoms with van der Waals surface area (Å²) < 4.78 is 0. The summed E-state index contributed by atoms with van der Waals surface area (Å²) in [4.78, 5) is 15.0. The van der Waals surface area contributed by atoms with Crippen LogP contribution in [0, 0.1) is 0 Å². The SMILES string of the molecule is O=c1[nH]c([C@@H]2CCCNC2)cc2ccccc12. The molecule has 3 nitrogen and oxygen atoms in total. The molecule has 17 heavy (non-hydrogen) atoms. The zero-order chi connectivity index (χ0) is 11.7. The summed E-state index contributed by atoms with van der Waals surface area (Å²) in [6.07, 6.45) is 2.33. The van der Waals surface area contributed by atoms with Gasteiger partial charge in [0.1, 0.15) is 0 Å². The minimum atomic E-state index is 0.0312. The Balaban J connectivity index is 2.08. The molecule has 2 aromatic rings.